The van der Waals surface area contributed by atoms with Crippen molar-refractivity contribution in [3.8, 4) is 0 Å². The van der Waals surface area contributed by atoms with Crippen molar-refractivity contribution in [2.45, 2.75) is 6.04 Å². The standard InChI is InChI=1S/C14H13BrN2O/c15-9-13(11-5-2-1-3-6-11)17-14(18)12-7-4-8-16-10-12/h1-8,10,13H,9H2,(H,17,18). The number of benzene rings is 1. The molecule has 1 atom stereocenters. The molecule has 3 nitrogen and oxygen atoms in total. The smallest absolute Gasteiger partial charge is 0.253 e. The van der Waals surface area contributed by atoms with Gasteiger partial charge in [-0.15, -0.1) is 0 Å². The first-order chi connectivity index (χ1) is 8.81. The van der Waals surface area contributed by atoms with Crippen LogP contribution in [-0.2, 0) is 0 Å². The van der Waals surface area contributed by atoms with Gasteiger partial charge in [-0.1, -0.05) is 46.3 Å². The molecule has 0 saturated heterocycles. The van der Waals surface area contributed by atoms with E-state index in [9.17, 15) is 4.79 Å². The molecule has 0 aliphatic rings. The van der Waals surface area contributed by atoms with E-state index in [-0.39, 0.29) is 11.9 Å². The summed E-state index contributed by atoms with van der Waals surface area (Å²) in [5.41, 5.74) is 1.64. The molecule has 0 aliphatic heterocycles. The molecule has 2 aromatic rings. The number of nitrogens with one attached hydrogen (secondary N) is 1. The maximum atomic E-state index is 12.0. The highest BCUT2D eigenvalue weighted by Crippen LogP contribution is 2.15. The first kappa shape index (κ1) is 12.8. The van der Waals surface area contributed by atoms with Crippen LogP contribution in [0, 0.1) is 0 Å². The van der Waals surface area contributed by atoms with Crippen LogP contribution in [-0.4, -0.2) is 16.2 Å². The van der Waals surface area contributed by atoms with Crippen LogP contribution >= 0.6 is 15.9 Å². The quantitative estimate of drug-likeness (QED) is 0.883. The molecule has 0 bridgehead atoms. The molecule has 0 aliphatic carbocycles. The van der Waals surface area contributed by atoms with E-state index in [1.54, 1.807) is 24.5 Å². The summed E-state index contributed by atoms with van der Waals surface area (Å²) < 4.78 is 0. The lowest BCUT2D eigenvalue weighted by Gasteiger charge is -2.16. The fourth-order valence-corrected chi connectivity index (χ4v) is 2.17. The van der Waals surface area contributed by atoms with Crippen molar-refractivity contribution in [2.24, 2.45) is 0 Å². The van der Waals surface area contributed by atoms with Crippen LogP contribution in [0.4, 0.5) is 0 Å². The van der Waals surface area contributed by atoms with Gasteiger partial charge >= 0.3 is 0 Å². The fourth-order valence-electron chi connectivity index (χ4n) is 1.63. The lowest BCUT2D eigenvalue weighted by molar-refractivity contribution is 0.0940. The van der Waals surface area contributed by atoms with Crippen LogP contribution in [0.25, 0.3) is 0 Å². The molecule has 0 radical (unpaired) electrons. The summed E-state index contributed by atoms with van der Waals surface area (Å²) in [6, 6.07) is 13.3. The van der Waals surface area contributed by atoms with Crippen molar-refractivity contribution in [1.82, 2.24) is 10.3 Å². The predicted molar refractivity (Wildman–Crippen MR) is 74.7 cm³/mol. The van der Waals surface area contributed by atoms with Crippen molar-refractivity contribution in [2.75, 3.05) is 5.33 Å². The second-order valence-electron chi connectivity index (χ2n) is 3.83. The number of alkyl halides is 1. The highest BCUT2D eigenvalue weighted by atomic mass is 79.9. The highest BCUT2D eigenvalue weighted by Gasteiger charge is 2.14. The van der Waals surface area contributed by atoms with Crippen LogP contribution in [0.3, 0.4) is 0 Å². The fraction of sp³-hybridized carbons (Fsp3) is 0.143. The highest BCUT2D eigenvalue weighted by molar-refractivity contribution is 9.09. The molecular weight excluding hydrogens is 292 g/mol. The van der Waals surface area contributed by atoms with Crippen molar-refractivity contribution >= 4 is 21.8 Å². The number of rotatable bonds is 4. The van der Waals surface area contributed by atoms with Gasteiger partial charge < -0.3 is 5.32 Å². The average molecular weight is 305 g/mol. The minimum absolute atomic E-state index is 0.0427. The molecule has 0 saturated carbocycles. The molecule has 0 fully saturated rings. The van der Waals surface area contributed by atoms with Gasteiger partial charge in [-0.2, -0.15) is 0 Å². The van der Waals surface area contributed by atoms with Crippen molar-refractivity contribution in [3.05, 3.63) is 66.0 Å². The van der Waals surface area contributed by atoms with Crippen LogP contribution in [0.5, 0.6) is 0 Å². The van der Waals surface area contributed by atoms with Gasteiger partial charge in [0.15, 0.2) is 0 Å². The molecule has 0 spiro atoms. The first-order valence-corrected chi connectivity index (χ1v) is 6.75. The Morgan fingerprint density at radius 3 is 2.61 bits per heavy atom. The molecule has 1 heterocycles. The van der Waals surface area contributed by atoms with Crippen LogP contribution in [0.15, 0.2) is 54.9 Å². The summed E-state index contributed by atoms with van der Waals surface area (Å²) in [5, 5.41) is 3.64. The largest absolute Gasteiger partial charge is 0.344 e. The number of hydrogen-bond acceptors (Lipinski definition) is 2. The zero-order valence-electron chi connectivity index (χ0n) is 9.71. The van der Waals surface area contributed by atoms with E-state index in [4.69, 9.17) is 0 Å². The van der Waals surface area contributed by atoms with Gasteiger partial charge in [0.1, 0.15) is 0 Å². The number of pyridine rings is 1. The Hall–Kier alpha value is -1.68. The Labute approximate surface area is 114 Å². The Morgan fingerprint density at radius 2 is 2.00 bits per heavy atom. The summed E-state index contributed by atoms with van der Waals surface area (Å²) in [4.78, 5) is 16.0. The number of carbonyl (C=O) groups excluding carboxylic acids is 1. The van der Waals surface area contributed by atoms with Gasteiger partial charge in [0.25, 0.3) is 5.91 Å². The number of halogens is 1. The second kappa shape index (κ2) is 6.31. The topological polar surface area (TPSA) is 42.0 Å². The van der Waals surface area contributed by atoms with E-state index >= 15 is 0 Å². The SMILES string of the molecule is O=C(NC(CBr)c1ccccc1)c1cccnc1. The number of amides is 1. The van der Waals surface area contributed by atoms with E-state index in [0.717, 1.165) is 5.56 Å². The maximum absolute atomic E-state index is 12.0. The summed E-state index contributed by atoms with van der Waals surface area (Å²) in [7, 11) is 0. The van der Waals surface area contributed by atoms with Crippen LogP contribution in [0.2, 0.25) is 0 Å². The van der Waals surface area contributed by atoms with Crippen LogP contribution < -0.4 is 5.32 Å². The van der Waals surface area contributed by atoms with Gasteiger partial charge in [0.2, 0.25) is 0 Å². The summed E-state index contributed by atoms with van der Waals surface area (Å²) in [6.07, 6.45) is 3.21. The number of aromatic nitrogens is 1. The van der Waals surface area contributed by atoms with Crippen LogP contribution in [0.1, 0.15) is 22.0 Å². The van der Waals surface area contributed by atoms with Gasteiger partial charge in [-0.3, -0.25) is 9.78 Å². The van der Waals surface area contributed by atoms with Gasteiger partial charge in [-0.25, -0.2) is 0 Å². The van der Waals surface area contributed by atoms with E-state index < -0.39 is 0 Å². The minimum Gasteiger partial charge on any atom is -0.344 e. The molecule has 4 heteroatoms. The number of carbonyl (C=O) groups is 1. The van der Waals surface area contributed by atoms with Gasteiger partial charge in [-0.05, 0) is 17.7 Å². The van der Waals surface area contributed by atoms with E-state index in [1.807, 2.05) is 30.3 Å². The summed E-state index contributed by atoms with van der Waals surface area (Å²) >= 11 is 3.42. The lowest BCUT2D eigenvalue weighted by Crippen LogP contribution is -2.29. The zero-order chi connectivity index (χ0) is 12.8. The Kier molecular flexibility index (Phi) is 4.47. The molecule has 1 aromatic heterocycles. The molecule has 1 unspecified atom stereocenters. The Bertz CT molecular complexity index is 502. The molecule has 18 heavy (non-hydrogen) atoms. The van der Waals surface area contributed by atoms with Gasteiger partial charge in [0.05, 0.1) is 11.6 Å². The molecule has 92 valence electrons. The molecule has 1 aromatic carbocycles. The number of nitrogens with zero attached hydrogens (tertiary/aromatic N) is 1. The third-order valence-electron chi connectivity index (χ3n) is 2.59. The van der Waals surface area contributed by atoms with E-state index in [2.05, 4.69) is 26.2 Å². The first-order valence-electron chi connectivity index (χ1n) is 5.63. The molecular formula is C14H13BrN2O. The molecule has 1 N–H and O–H groups in total. The summed E-state index contributed by atoms with van der Waals surface area (Å²) in [6.45, 7) is 0. The molecule has 2 rings (SSSR count). The summed E-state index contributed by atoms with van der Waals surface area (Å²) in [5.74, 6) is -0.114. The normalized spacial score (nSPS) is 11.8. The molecule has 1 amide bonds. The average Bonchev–Trinajstić information content (AvgIpc) is 2.46. The Morgan fingerprint density at radius 1 is 1.22 bits per heavy atom. The maximum Gasteiger partial charge on any atom is 0.253 e. The predicted octanol–water partition coefficient (Wildman–Crippen LogP) is 2.95. The lowest BCUT2D eigenvalue weighted by atomic mass is 10.1. The monoisotopic (exact) mass is 304 g/mol. The van der Waals surface area contributed by atoms with E-state index in [1.165, 1.54) is 0 Å². The minimum atomic E-state index is -0.114. The number of hydrogen-bond donors (Lipinski definition) is 1. The van der Waals surface area contributed by atoms with Crippen molar-refractivity contribution in [1.29, 1.82) is 0 Å². The second-order valence-corrected chi connectivity index (χ2v) is 4.48. The van der Waals surface area contributed by atoms with Gasteiger partial charge in [0, 0.05) is 17.7 Å². The zero-order valence-corrected chi connectivity index (χ0v) is 11.3. The van der Waals surface area contributed by atoms with Crippen molar-refractivity contribution in [3.63, 3.8) is 0 Å². The van der Waals surface area contributed by atoms with E-state index in [0.29, 0.717) is 10.9 Å². The Balaban J connectivity index is 2.10. The third kappa shape index (κ3) is 3.17. The van der Waals surface area contributed by atoms with Crippen molar-refractivity contribution < 1.29 is 4.79 Å². The third-order valence-corrected chi connectivity index (χ3v) is 3.23.